The Morgan fingerprint density at radius 2 is 1.71 bits per heavy atom. The summed E-state index contributed by atoms with van der Waals surface area (Å²) in [5.74, 6) is -1.90. The Balaban J connectivity index is 1.36. The lowest BCUT2D eigenvalue weighted by Crippen LogP contribution is -2.33. The van der Waals surface area contributed by atoms with E-state index in [1.165, 1.54) is 10.7 Å². The number of ether oxygens (including phenoxy) is 1. The molecular weight excluding hydrogens is 448 g/mol. The van der Waals surface area contributed by atoms with Crippen molar-refractivity contribution < 1.29 is 24.2 Å². The Labute approximate surface area is 203 Å². The molecule has 0 spiro atoms. The summed E-state index contributed by atoms with van der Waals surface area (Å²) in [6.07, 6.45) is 0.507. The third kappa shape index (κ3) is 5.18. The van der Waals surface area contributed by atoms with Crippen LogP contribution in [-0.4, -0.2) is 46.0 Å². The van der Waals surface area contributed by atoms with E-state index in [4.69, 9.17) is 4.74 Å². The smallest absolute Gasteiger partial charge is 0.412 e. The van der Waals surface area contributed by atoms with Crippen molar-refractivity contribution in [2.75, 3.05) is 18.5 Å². The number of rotatable bonds is 9. The van der Waals surface area contributed by atoms with Crippen LogP contribution in [0.2, 0.25) is 0 Å². The summed E-state index contributed by atoms with van der Waals surface area (Å²) in [4.78, 5) is 36.3. The molecule has 3 aromatic rings. The standard InChI is InChI=1S/C26H28N4O5/c1-3-8-16(25(32)33)14-27-24(31)22-13-23(30(2)29-22)28-26(34)35-15-21-19-11-6-4-9-17(19)18-10-5-7-12-20(18)21/h4-7,9-13,16,21H,3,8,14-15H2,1-2H3,(H,27,31)(H,28,34)(H,32,33). The number of nitrogens with one attached hydrogen (secondary N) is 2. The van der Waals surface area contributed by atoms with Gasteiger partial charge in [0.1, 0.15) is 12.4 Å². The lowest BCUT2D eigenvalue weighted by molar-refractivity contribution is -0.141. The fraction of sp³-hybridized carbons (Fsp3) is 0.308. The number of hydrogen-bond donors (Lipinski definition) is 3. The fourth-order valence-corrected chi connectivity index (χ4v) is 4.40. The van der Waals surface area contributed by atoms with Crippen LogP contribution in [-0.2, 0) is 16.6 Å². The third-order valence-electron chi connectivity index (χ3n) is 6.18. The number of aryl methyl sites for hydroxylation is 1. The number of anilines is 1. The van der Waals surface area contributed by atoms with Crippen LogP contribution >= 0.6 is 0 Å². The number of benzene rings is 2. The third-order valence-corrected chi connectivity index (χ3v) is 6.18. The molecule has 182 valence electrons. The molecule has 2 amide bonds. The fourth-order valence-electron chi connectivity index (χ4n) is 4.40. The minimum absolute atomic E-state index is 0.00766. The van der Waals surface area contributed by atoms with Crippen molar-refractivity contribution in [2.45, 2.75) is 25.7 Å². The normalized spacial score (nSPS) is 13.0. The van der Waals surface area contributed by atoms with E-state index in [9.17, 15) is 19.5 Å². The van der Waals surface area contributed by atoms with Crippen molar-refractivity contribution >= 4 is 23.8 Å². The largest absolute Gasteiger partial charge is 0.481 e. The second-order valence-electron chi connectivity index (χ2n) is 8.52. The first kappa shape index (κ1) is 24.0. The molecule has 1 aliphatic carbocycles. The van der Waals surface area contributed by atoms with Gasteiger partial charge in [0.05, 0.1) is 5.92 Å². The van der Waals surface area contributed by atoms with Gasteiger partial charge in [-0.3, -0.25) is 19.6 Å². The van der Waals surface area contributed by atoms with Crippen LogP contribution in [0.4, 0.5) is 10.6 Å². The molecule has 3 N–H and O–H groups in total. The lowest BCUT2D eigenvalue weighted by Gasteiger charge is -2.14. The highest BCUT2D eigenvalue weighted by Gasteiger charge is 2.29. The maximum Gasteiger partial charge on any atom is 0.412 e. The summed E-state index contributed by atoms with van der Waals surface area (Å²) in [5, 5.41) is 18.6. The second-order valence-corrected chi connectivity index (χ2v) is 8.52. The summed E-state index contributed by atoms with van der Waals surface area (Å²) in [7, 11) is 1.59. The molecule has 9 heteroatoms. The molecule has 9 nitrogen and oxygen atoms in total. The molecule has 1 unspecified atom stereocenters. The molecular formula is C26H28N4O5. The first-order valence-corrected chi connectivity index (χ1v) is 11.6. The molecule has 0 aliphatic heterocycles. The number of fused-ring (bicyclic) bond motifs is 3. The number of carbonyl (C=O) groups is 3. The van der Waals surface area contributed by atoms with Crippen LogP contribution in [0.5, 0.6) is 0 Å². The quantitative estimate of drug-likeness (QED) is 0.429. The van der Waals surface area contributed by atoms with Crippen LogP contribution in [0.1, 0.15) is 47.3 Å². The van der Waals surface area contributed by atoms with E-state index in [-0.39, 0.29) is 30.6 Å². The minimum Gasteiger partial charge on any atom is -0.481 e. The van der Waals surface area contributed by atoms with Gasteiger partial charge in [0, 0.05) is 25.6 Å². The molecule has 0 radical (unpaired) electrons. The summed E-state index contributed by atoms with van der Waals surface area (Å²) < 4.78 is 6.90. The highest BCUT2D eigenvalue weighted by atomic mass is 16.5. The van der Waals surface area contributed by atoms with Gasteiger partial charge in [-0.2, -0.15) is 5.10 Å². The molecule has 1 atom stereocenters. The van der Waals surface area contributed by atoms with Crippen LogP contribution in [0.25, 0.3) is 11.1 Å². The average Bonchev–Trinajstić information content (AvgIpc) is 3.37. The Morgan fingerprint density at radius 1 is 1.09 bits per heavy atom. The van der Waals surface area contributed by atoms with E-state index in [2.05, 4.69) is 27.9 Å². The van der Waals surface area contributed by atoms with Crippen molar-refractivity contribution in [1.29, 1.82) is 0 Å². The Morgan fingerprint density at radius 3 is 2.31 bits per heavy atom. The predicted molar refractivity (Wildman–Crippen MR) is 130 cm³/mol. The number of carbonyl (C=O) groups excluding carboxylic acids is 2. The molecule has 0 saturated heterocycles. The Hall–Kier alpha value is -4.14. The summed E-state index contributed by atoms with van der Waals surface area (Å²) in [6.45, 7) is 2.06. The van der Waals surface area contributed by atoms with Gasteiger partial charge >= 0.3 is 12.1 Å². The lowest BCUT2D eigenvalue weighted by atomic mass is 9.98. The van der Waals surface area contributed by atoms with Crippen LogP contribution < -0.4 is 10.6 Å². The van der Waals surface area contributed by atoms with Crippen LogP contribution in [0, 0.1) is 5.92 Å². The van der Waals surface area contributed by atoms with Crippen LogP contribution in [0.3, 0.4) is 0 Å². The summed E-state index contributed by atoms with van der Waals surface area (Å²) in [5.41, 5.74) is 4.58. The SMILES string of the molecule is CCCC(CNC(=O)c1cc(NC(=O)OCC2c3ccccc3-c3ccccc32)n(C)n1)C(=O)O. The van der Waals surface area contributed by atoms with E-state index in [1.54, 1.807) is 7.05 Å². The van der Waals surface area contributed by atoms with Gasteiger partial charge < -0.3 is 15.2 Å². The monoisotopic (exact) mass is 476 g/mol. The van der Waals surface area contributed by atoms with E-state index in [0.717, 1.165) is 22.3 Å². The van der Waals surface area contributed by atoms with Gasteiger partial charge in [-0.1, -0.05) is 61.9 Å². The predicted octanol–water partition coefficient (Wildman–Crippen LogP) is 4.01. The van der Waals surface area contributed by atoms with Crippen molar-refractivity contribution in [3.05, 3.63) is 71.4 Å². The van der Waals surface area contributed by atoms with Gasteiger partial charge in [0.2, 0.25) is 0 Å². The first-order chi connectivity index (χ1) is 16.9. The summed E-state index contributed by atoms with van der Waals surface area (Å²) >= 11 is 0. The molecule has 1 aromatic heterocycles. The number of nitrogens with zero attached hydrogens (tertiary/aromatic N) is 2. The van der Waals surface area contributed by atoms with Gasteiger partial charge in [0.15, 0.2) is 5.69 Å². The van der Waals surface area contributed by atoms with Crippen molar-refractivity contribution in [3.8, 4) is 11.1 Å². The molecule has 4 rings (SSSR count). The number of carboxylic acid groups (broad SMARTS) is 1. The highest BCUT2D eigenvalue weighted by molar-refractivity contribution is 5.94. The average molecular weight is 477 g/mol. The molecule has 2 aromatic carbocycles. The van der Waals surface area contributed by atoms with Crippen molar-refractivity contribution in [1.82, 2.24) is 15.1 Å². The van der Waals surface area contributed by atoms with Crippen molar-refractivity contribution in [3.63, 3.8) is 0 Å². The first-order valence-electron chi connectivity index (χ1n) is 11.6. The zero-order chi connectivity index (χ0) is 24.9. The number of aliphatic carboxylic acids is 1. The van der Waals surface area contributed by atoms with E-state index in [0.29, 0.717) is 12.8 Å². The number of amides is 2. The van der Waals surface area contributed by atoms with Gasteiger partial charge in [-0.15, -0.1) is 0 Å². The molecule has 0 fully saturated rings. The zero-order valence-electron chi connectivity index (χ0n) is 19.7. The molecule has 0 saturated carbocycles. The van der Waals surface area contributed by atoms with E-state index in [1.807, 2.05) is 43.3 Å². The van der Waals surface area contributed by atoms with Gasteiger partial charge in [0.25, 0.3) is 5.91 Å². The highest BCUT2D eigenvalue weighted by Crippen LogP contribution is 2.44. The molecule has 1 heterocycles. The van der Waals surface area contributed by atoms with Gasteiger partial charge in [-0.05, 0) is 28.7 Å². The number of hydrogen-bond acceptors (Lipinski definition) is 5. The summed E-state index contributed by atoms with van der Waals surface area (Å²) in [6, 6.07) is 17.6. The van der Waals surface area contributed by atoms with E-state index < -0.39 is 23.9 Å². The second kappa shape index (κ2) is 10.4. The Kier molecular flexibility index (Phi) is 7.14. The topological polar surface area (TPSA) is 123 Å². The maximum absolute atomic E-state index is 12.5. The van der Waals surface area contributed by atoms with Crippen molar-refractivity contribution in [2.24, 2.45) is 13.0 Å². The molecule has 0 bridgehead atoms. The maximum atomic E-state index is 12.5. The zero-order valence-corrected chi connectivity index (χ0v) is 19.7. The molecule has 1 aliphatic rings. The molecule has 35 heavy (non-hydrogen) atoms. The number of aromatic nitrogens is 2. The minimum atomic E-state index is -0.953. The van der Waals surface area contributed by atoms with E-state index >= 15 is 0 Å². The van der Waals surface area contributed by atoms with Gasteiger partial charge in [-0.25, -0.2) is 4.79 Å². The van der Waals surface area contributed by atoms with Crippen LogP contribution in [0.15, 0.2) is 54.6 Å². The number of carboxylic acids is 1. The Bertz CT molecular complexity index is 1210.